The van der Waals surface area contributed by atoms with E-state index < -0.39 is 29.3 Å². The van der Waals surface area contributed by atoms with Crippen LogP contribution in [0.4, 0.5) is 9.59 Å². The number of hydrogen-bond acceptors (Lipinski definition) is 6. The number of carbonyl (C=O) groups excluding carboxylic acids is 2. The van der Waals surface area contributed by atoms with E-state index in [1.165, 1.54) is 4.90 Å². The van der Waals surface area contributed by atoms with E-state index in [-0.39, 0.29) is 33.6 Å². The smallest absolute Gasteiger partial charge is 0.411 e. The molecule has 0 aromatic carbocycles. The average Bonchev–Trinajstić information content (AvgIpc) is 2.65. The molecule has 196 valence electrons. The minimum absolute atomic E-state index is 0. The summed E-state index contributed by atoms with van der Waals surface area (Å²) in [5.41, 5.74) is -1.05. The van der Waals surface area contributed by atoms with Crippen molar-refractivity contribution in [3.63, 3.8) is 0 Å². The van der Waals surface area contributed by atoms with Crippen molar-refractivity contribution in [3.8, 4) is 0 Å². The van der Waals surface area contributed by atoms with Gasteiger partial charge in [-0.3, -0.25) is 4.90 Å². The van der Waals surface area contributed by atoms with Crippen LogP contribution in [0.3, 0.4) is 0 Å². The lowest BCUT2D eigenvalue weighted by Crippen LogP contribution is -2.49. The number of likely N-dealkylation sites (tertiary alicyclic amines) is 2. The molecule has 9 nitrogen and oxygen atoms in total. The molecule has 2 rings (SSSR count). The third-order valence-corrected chi connectivity index (χ3v) is 4.88. The summed E-state index contributed by atoms with van der Waals surface area (Å²) in [5.74, 6) is -0.953. The zero-order valence-corrected chi connectivity index (χ0v) is 19.8. The number of aliphatic hydroxyl groups excluding tert-OH is 1. The van der Waals surface area contributed by atoms with E-state index in [0.717, 1.165) is 32.1 Å². The molecular formula is C24H48N2O7. The number of amides is 2. The SMILES string of the molecule is C.C.CC(C)(C)OC(=O)N1CCCCC1C(=O)O.CC(C)(C)OC(=O)N1CCCCC1CO. The van der Waals surface area contributed by atoms with Gasteiger partial charge < -0.3 is 24.6 Å². The Labute approximate surface area is 200 Å². The van der Waals surface area contributed by atoms with E-state index >= 15 is 0 Å². The Morgan fingerprint density at radius 2 is 1.21 bits per heavy atom. The summed E-state index contributed by atoms with van der Waals surface area (Å²) in [7, 11) is 0. The summed E-state index contributed by atoms with van der Waals surface area (Å²) < 4.78 is 10.5. The number of aliphatic hydroxyl groups is 1. The fourth-order valence-electron chi connectivity index (χ4n) is 3.48. The van der Waals surface area contributed by atoms with Crippen LogP contribution in [0.25, 0.3) is 0 Å². The summed E-state index contributed by atoms with van der Waals surface area (Å²) in [4.78, 5) is 37.5. The number of carboxylic acids is 1. The highest BCUT2D eigenvalue weighted by Gasteiger charge is 2.34. The predicted octanol–water partition coefficient (Wildman–Crippen LogP) is 4.90. The fraction of sp³-hybridized carbons (Fsp3) is 0.875. The standard InChI is InChI=1S/C11H19NO4.C11H21NO3.2CH4/c1-11(2,3)16-10(15)12-7-5-4-6-8(12)9(13)14;1-11(2,3)15-10(14)12-7-5-4-6-9(12)8-13;;/h8H,4-7H2,1-3H3,(H,13,14);9,13H,4-8H2,1-3H3;2*1H4. The number of rotatable bonds is 2. The molecule has 0 aromatic rings. The minimum Gasteiger partial charge on any atom is -0.480 e. The average molecular weight is 477 g/mol. The monoisotopic (exact) mass is 476 g/mol. The summed E-state index contributed by atoms with van der Waals surface area (Å²) in [6, 6.07) is -0.794. The molecule has 2 saturated heterocycles. The van der Waals surface area contributed by atoms with Gasteiger partial charge in [0.1, 0.15) is 17.2 Å². The Morgan fingerprint density at radius 1 is 0.788 bits per heavy atom. The molecule has 2 amide bonds. The van der Waals surface area contributed by atoms with E-state index in [0.29, 0.717) is 19.5 Å². The van der Waals surface area contributed by atoms with Crippen LogP contribution in [-0.4, -0.2) is 81.2 Å². The van der Waals surface area contributed by atoms with E-state index in [9.17, 15) is 14.4 Å². The van der Waals surface area contributed by atoms with Crippen LogP contribution in [-0.2, 0) is 14.3 Å². The largest absolute Gasteiger partial charge is 0.480 e. The van der Waals surface area contributed by atoms with Crippen molar-refractivity contribution in [1.29, 1.82) is 0 Å². The molecule has 0 bridgehead atoms. The van der Waals surface area contributed by atoms with Crippen molar-refractivity contribution in [2.45, 2.75) is 118 Å². The van der Waals surface area contributed by atoms with Gasteiger partial charge in [0.2, 0.25) is 0 Å². The molecule has 2 unspecified atom stereocenters. The van der Waals surface area contributed by atoms with Gasteiger partial charge in [-0.1, -0.05) is 14.9 Å². The van der Waals surface area contributed by atoms with Crippen molar-refractivity contribution in [2.75, 3.05) is 19.7 Å². The van der Waals surface area contributed by atoms with Crippen LogP contribution in [0.1, 0.15) is 94.9 Å². The predicted molar refractivity (Wildman–Crippen MR) is 129 cm³/mol. The van der Waals surface area contributed by atoms with Gasteiger partial charge in [0.05, 0.1) is 12.6 Å². The molecule has 2 N–H and O–H groups in total. The molecule has 0 aliphatic carbocycles. The molecule has 9 heteroatoms. The summed E-state index contributed by atoms with van der Waals surface area (Å²) in [6.07, 6.45) is 4.30. The zero-order chi connectivity index (χ0) is 23.8. The highest BCUT2D eigenvalue weighted by atomic mass is 16.6. The summed E-state index contributed by atoms with van der Waals surface area (Å²) in [5, 5.41) is 18.2. The van der Waals surface area contributed by atoms with Gasteiger partial charge in [-0.25, -0.2) is 14.4 Å². The number of nitrogens with zero attached hydrogens (tertiary/aromatic N) is 2. The normalized spacial score (nSPS) is 20.8. The highest BCUT2D eigenvalue weighted by molar-refractivity contribution is 5.80. The van der Waals surface area contributed by atoms with Crippen molar-refractivity contribution in [2.24, 2.45) is 0 Å². The first-order valence-corrected chi connectivity index (χ1v) is 11.1. The van der Waals surface area contributed by atoms with Crippen LogP contribution < -0.4 is 0 Å². The van der Waals surface area contributed by atoms with Crippen LogP contribution in [0.2, 0.25) is 0 Å². The van der Waals surface area contributed by atoms with Crippen LogP contribution >= 0.6 is 0 Å². The summed E-state index contributed by atoms with van der Waals surface area (Å²) in [6.45, 7) is 12.0. The maximum absolute atomic E-state index is 11.8. The molecule has 0 saturated carbocycles. The van der Waals surface area contributed by atoms with Gasteiger partial charge in [-0.15, -0.1) is 0 Å². The van der Waals surface area contributed by atoms with Crippen molar-refractivity contribution in [1.82, 2.24) is 9.80 Å². The van der Waals surface area contributed by atoms with Crippen molar-refractivity contribution in [3.05, 3.63) is 0 Å². The number of piperidine rings is 2. The quantitative estimate of drug-likeness (QED) is 0.582. The van der Waals surface area contributed by atoms with Crippen LogP contribution in [0.15, 0.2) is 0 Å². The van der Waals surface area contributed by atoms with Crippen molar-refractivity contribution < 1.29 is 34.1 Å². The third kappa shape index (κ3) is 12.1. The molecule has 2 fully saturated rings. The lowest BCUT2D eigenvalue weighted by atomic mass is 10.0. The van der Waals surface area contributed by atoms with E-state index in [1.807, 2.05) is 20.8 Å². The minimum atomic E-state index is -0.953. The van der Waals surface area contributed by atoms with E-state index in [2.05, 4.69) is 0 Å². The van der Waals surface area contributed by atoms with Crippen molar-refractivity contribution >= 4 is 18.2 Å². The maximum atomic E-state index is 11.8. The number of carbonyl (C=O) groups is 3. The van der Waals surface area contributed by atoms with Gasteiger partial charge in [0.15, 0.2) is 0 Å². The number of aliphatic carboxylic acids is 1. The van der Waals surface area contributed by atoms with Gasteiger partial charge >= 0.3 is 18.2 Å². The van der Waals surface area contributed by atoms with Gasteiger partial charge in [-0.05, 0) is 80.1 Å². The number of carboxylic acid groups (broad SMARTS) is 1. The zero-order valence-electron chi connectivity index (χ0n) is 19.8. The Balaban J connectivity index is 0. The van der Waals surface area contributed by atoms with E-state index in [4.69, 9.17) is 19.7 Å². The fourth-order valence-corrected chi connectivity index (χ4v) is 3.48. The van der Waals surface area contributed by atoms with Crippen LogP contribution in [0.5, 0.6) is 0 Å². The van der Waals surface area contributed by atoms with Gasteiger partial charge in [-0.2, -0.15) is 0 Å². The lowest BCUT2D eigenvalue weighted by Gasteiger charge is -2.35. The Morgan fingerprint density at radius 3 is 1.64 bits per heavy atom. The first-order valence-electron chi connectivity index (χ1n) is 11.1. The lowest BCUT2D eigenvalue weighted by molar-refractivity contribution is -0.144. The molecule has 2 atom stereocenters. The second-order valence-corrected chi connectivity index (χ2v) is 10.0. The first-order chi connectivity index (χ1) is 14.2. The Bertz CT molecular complexity index is 611. The molecule has 33 heavy (non-hydrogen) atoms. The molecule has 2 aliphatic rings. The Kier molecular flexibility index (Phi) is 14.3. The van der Waals surface area contributed by atoms with E-state index in [1.54, 1.807) is 25.7 Å². The van der Waals surface area contributed by atoms with Crippen LogP contribution in [0, 0.1) is 0 Å². The van der Waals surface area contributed by atoms with Gasteiger partial charge in [0.25, 0.3) is 0 Å². The summed E-state index contributed by atoms with van der Waals surface area (Å²) >= 11 is 0. The molecule has 0 aromatic heterocycles. The third-order valence-electron chi connectivity index (χ3n) is 4.88. The second-order valence-electron chi connectivity index (χ2n) is 10.0. The number of ether oxygens (including phenoxy) is 2. The first kappa shape index (κ1) is 33.1. The molecule has 2 aliphatic heterocycles. The maximum Gasteiger partial charge on any atom is 0.411 e. The topological polar surface area (TPSA) is 117 Å². The van der Waals surface area contributed by atoms with Gasteiger partial charge in [0, 0.05) is 13.1 Å². The molecular weight excluding hydrogens is 428 g/mol. The Hall–Kier alpha value is -2.03. The number of hydrogen-bond donors (Lipinski definition) is 2. The molecule has 0 radical (unpaired) electrons. The molecule has 0 spiro atoms. The molecule has 2 heterocycles. The highest BCUT2D eigenvalue weighted by Crippen LogP contribution is 2.21. The second kappa shape index (κ2) is 14.3.